The highest BCUT2D eigenvalue weighted by Gasteiger charge is 2.11. The number of nitrogen functional groups attached to an aromatic ring is 1. The molecular weight excluding hydrogens is 258 g/mol. The molecule has 20 heavy (non-hydrogen) atoms. The van der Waals surface area contributed by atoms with Gasteiger partial charge in [-0.2, -0.15) is 5.26 Å². The van der Waals surface area contributed by atoms with Gasteiger partial charge in [0.1, 0.15) is 17.2 Å². The van der Waals surface area contributed by atoms with E-state index in [0.717, 1.165) is 5.56 Å². The maximum Gasteiger partial charge on any atom is 0.292 e. The third-order valence-electron chi connectivity index (χ3n) is 2.64. The molecule has 2 aromatic rings. The molecular formula is C14H11N3O3. The van der Waals surface area contributed by atoms with Crippen molar-refractivity contribution in [2.24, 2.45) is 0 Å². The second-order valence-electron chi connectivity index (χ2n) is 4.06. The molecule has 0 saturated carbocycles. The molecule has 0 fully saturated rings. The Labute approximate surface area is 115 Å². The molecule has 2 rings (SSSR count). The zero-order valence-electron chi connectivity index (χ0n) is 10.4. The van der Waals surface area contributed by atoms with Crippen molar-refractivity contribution in [3.8, 4) is 17.6 Å². The number of hydrogen-bond donors (Lipinski definition) is 1. The molecule has 6 heteroatoms. The highest BCUT2D eigenvalue weighted by molar-refractivity contribution is 5.61. The minimum absolute atomic E-state index is 0.0496. The first kappa shape index (κ1) is 13.4. The zero-order valence-corrected chi connectivity index (χ0v) is 10.4. The Morgan fingerprint density at radius 1 is 1.20 bits per heavy atom. The number of nitro groups is 1. The van der Waals surface area contributed by atoms with Gasteiger partial charge in [0.2, 0.25) is 0 Å². The molecule has 0 amide bonds. The standard InChI is InChI=1S/C14H11N3O3/c15-8-7-10-1-3-11(4-2-10)20-12-5-6-14(17(18)19)13(16)9-12/h1-6,9H,7,16H2. The van der Waals surface area contributed by atoms with Crippen LogP contribution < -0.4 is 10.5 Å². The zero-order chi connectivity index (χ0) is 14.5. The minimum Gasteiger partial charge on any atom is -0.457 e. The highest BCUT2D eigenvalue weighted by atomic mass is 16.6. The number of rotatable bonds is 4. The number of ether oxygens (including phenoxy) is 1. The summed E-state index contributed by atoms with van der Waals surface area (Å²) in [6.07, 6.45) is 0.338. The lowest BCUT2D eigenvalue weighted by Crippen LogP contribution is -1.96. The lowest BCUT2D eigenvalue weighted by Gasteiger charge is -2.07. The summed E-state index contributed by atoms with van der Waals surface area (Å²) in [7, 11) is 0. The molecule has 0 bridgehead atoms. The first-order chi connectivity index (χ1) is 9.60. The van der Waals surface area contributed by atoms with Crippen molar-refractivity contribution in [1.82, 2.24) is 0 Å². The summed E-state index contributed by atoms with van der Waals surface area (Å²) in [4.78, 5) is 10.1. The Bertz CT molecular complexity index is 675. The van der Waals surface area contributed by atoms with Crippen molar-refractivity contribution < 1.29 is 9.66 Å². The van der Waals surface area contributed by atoms with Crippen LogP contribution in [0.2, 0.25) is 0 Å². The van der Waals surface area contributed by atoms with E-state index in [1.165, 1.54) is 18.2 Å². The van der Waals surface area contributed by atoms with Crippen molar-refractivity contribution in [2.75, 3.05) is 5.73 Å². The third-order valence-corrected chi connectivity index (χ3v) is 2.64. The Morgan fingerprint density at radius 3 is 2.40 bits per heavy atom. The number of hydrogen-bond acceptors (Lipinski definition) is 5. The van der Waals surface area contributed by atoms with Gasteiger partial charge in [-0.1, -0.05) is 12.1 Å². The molecule has 0 aliphatic rings. The molecule has 2 N–H and O–H groups in total. The molecule has 0 unspecified atom stereocenters. The Balaban J connectivity index is 2.16. The Morgan fingerprint density at radius 2 is 1.85 bits per heavy atom. The van der Waals surface area contributed by atoms with Crippen LogP contribution in [0.4, 0.5) is 11.4 Å². The van der Waals surface area contributed by atoms with Crippen LogP contribution in [0, 0.1) is 21.4 Å². The third kappa shape index (κ3) is 3.03. The topological polar surface area (TPSA) is 102 Å². The number of nitriles is 1. The SMILES string of the molecule is N#CCc1ccc(Oc2ccc([N+](=O)[O-])c(N)c2)cc1. The predicted octanol–water partition coefficient (Wildman–Crippen LogP) is 3.04. The molecule has 0 radical (unpaired) electrons. The van der Waals surface area contributed by atoms with Crippen LogP contribution in [0.3, 0.4) is 0 Å². The van der Waals surface area contributed by atoms with Gasteiger partial charge in [0, 0.05) is 12.1 Å². The van der Waals surface area contributed by atoms with Gasteiger partial charge in [-0.05, 0) is 23.8 Å². The van der Waals surface area contributed by atoms with Crippen molar-refractivity contribution >= 4 is 11.4 Å². The van der Waals surface area contributed by atoms with E-state index in [0.29, 0.717) is 17.9 Å². The van der Waals surface area contributed by atoms with Crippen LogP contribution in [0.25, 0.3) is 0 Å². The van der Waals surface area contributed by atoms with Gasteiger partial charge < -0.3 is 10.5 Å². The van der Waals surface area contributed by atoms with E-state index < -0.39 is 4.92 Å². The Hall–Kier alpha value is -3.07. The van der Waals surface area contributed by atoms with Crippen LogP contribution in [0.15, 0.2) is 42.5 Å². The van der Waals surface area contributed by atoms with Gasteiger partial charge in [0.25, 0.3) is 5.69 Å². The first-order valence-corrected chi connectivity index (χ1v) is 5.78. The number of anilines is 1. The van der Waals surface area contributed by atoms with Crippen molar-refractivity contribution in [3.63, 3.8) is 0 Å². The van der Waals surface area contributed by atoms with E-state index in [9.17, 15) is 10.1 Å². The van der Waals surface area contributed by atoms with Gasteiger partial charge in [-0.3, -0.25) is 10.1 Å². The Kier molecular flexibility index (Phi) is 3.82. The predicted molar refractivity (Wildman–Crippen MR) is 73.3 cm³/mol. The lowest BCUT2D eigenvalue weighted by molar-refractivity contribution is -0.383. The number of nitrogens with two attached hydrogens (primary N) is 1. The van der Waals surface area contributed by atoms with Gasteiger partial charge in [-0.15, -0.1) is 0 Å². The largest absolute Gasteiger partial charge is 0.457 e. The number of nitro benzene ring substituents is 1. The second-order valence-corrected chi connectivity index (χ2v) is 4.06. The molecule has 6 nitrogen and oxygen atoms in total. The molecule has 0 aromatic heterocycles. The fraction of sp³-hybridized carbons (Fsp3) is 0.0714. The lowest BCUT2D eigenvalue weighted by atomic mass is 10.2. The summed E-state index contributed by atoms with van der Waals surface area (Å²) >= 11 is 0. The van der Waals surface area contributed by atoms with Gasteiger partial charge in [-0.25, -0.2) is 0 Å². The molecule has 100 valence electrons. The van der Waals surface area contributed by atoms with Crippen LogP contribution in [0.5, 0.6) is 11.5 Å². The molecule has 0 saturated heterocycles. The molecule has 0 spiro atoms. The monoisotopic (exact) mass is 269 g/mol. The van der Waals surface area contributed by atoms with Crippen molar-refractivity contribution in [2.45, 2.75) is 6.42 Å². The van der Waals surface area contributed by atoms with Crippen LogP contribution in [-0.4, -0.2) is 4.92 Å². The average molecular weight is 269 g/mol. The second kappa shape index (κ2) is 5.71. The van der Waals surface area contributed by atoms with Gasteiger partial charge in [0.15, 0.2) is 0 Å². The number of benzene rings is 2. The maximum atomic E-state index is 10.6. The minimum atomic E-state index is -0.546. The van der Waals surface area contributed by atoms with Crippen LogP contribution >= 0.6 is 0 Å². The van der Waals surface area contributed by atoms with Crippen molar-refractivity contribution in [1.29, 1.82) is 5.26 Å². The molecule has 0 heterocycles. The van der Waals surface area contributed by atoms with Gasteiger partial charge >= 0.3 is 0 Å². The van der Waals surface area contributed by atoms with E-state index in [1.807, 2.05) is 0 Å². The summed E-state index contributed by atoms with van der Waals surface area (Å²) in [5.41, 5.74) is 6.37. The van der Waals surface area contributed by atoms with Crippen LogP contribution in [0.1, 0.15) is 5.56 Å². The quantitative estimate of drug-likeness (QED) is 0.522. The summed E-state index contributed by atoms with van der Waals surface area (Å²) in [6.45, 7) is 0. The summed E-state index contributed by atoms with van der Waals surface area (Å²) in [6, 6.07) is 13.3. The normalized spacial score (nSPS) is 9.75. The molecule has 2 aromatic carbocycles. The van der Waals surface area contributed by atoms with Crippen LogP contribution in [-0.2, 0) is 6.42 Å². The summed E-state index contributed by atoms with van der Waals surface area (Å²) < 4.78 is 5.54. The van der Waals surface area contributed by atoms with E-state index in [4.69, 9.17) is 15.7 Å². The highest BCUT2D eigenvalue weighted by Crippen LogP contribution is 2.29. The molecule has 0 aliphatic carbocycles. The van der Waals surface area contributed by atoms with E-state index >= 15 is 0 Å². The number of nitrogens with zero attached hydrogens (tertiary/aromatic N) is 2. The van der Waals surface area contributed by atoms with E-state index in [-0.39, 0.29) is 11.4 Å². The van der Waals surface area contributed by atoms with Crippen molar-refractivity contribution in [3.05, 3.63) is 58.1 Å². The smallest absolute Gasteiger partial charge is 0.292 e. The average Bonchev–Trinajstić information content (AvgIpc) is 2.41. The first-order valence-electron chi connectivity index (χ1n) is 5.78. The van der Waals surface area contributed by atoms with E-state index in [2.05, 4.69) is 6.07 Å². The molecule has 0 aliphatic heterocycles. The fourth-order valence-corrected chi connectivity index (χ4v) is 1.67. The molecule has 0 atom stereocenters. The van der Waals surface area contributed by atoms with E-state index in [1.54, 1.807) is 24.3 Å². The summed E-state index contributed by atoms with van der Waals surface area (Å²) in [5, 5.41) is 19.2. The van der Waals surface area contributed by atoms with Gasteiger partial charge in [0.05, 0.1) is 17.4 Å². The summed E-state index contributed by atoms with van der Waals surface area (Å²) in [5.74, 6) is 0.987. The maximum absolute atomic E-state index is 10.6. The fourth-order valence-electron chi connectivity index (χ4n) is 1.67.